The number of carbonyl (C=O) groups excluding carboxylic acids is 1. The smallest absolute Gasteiger partial charge is 0.287 e. The number of furan rings is 1. The third-order valence-electron chi connectivity index (χ3n) is 7.17. The van der Waals surface area contributed by atoms with Crippen molar-refractivity contribution in [2.75, 3.05) is 25.9 Å². The quantitative estimate of drug-likeness (QED) is 0.596. The standard InChI is InChI=1S/C25H27N3O4S/c1-17(18-3-5-21(6-4-18)33(2,30)31)28-11-8-25(9-12-28)14-20(25)15-27-24(29)22-13-19-7-10-26-16-23(19)32-22/h3-7,10,13,16,20H,1,8-9,11-12,14-15H2,2H3,(H,27,29). The number of fused-ring (bicyclic) bond motifs is 1. The summed E-state index contributed by atoms with van der Waals surface area (Å²) in [6, 6.07) is 10.5. The van der Waals surface area contributed by atoms with E-state index in [1.807, 2.05) is 18.2 Å². The minimum atomic E-state index is -3.20. The predicted molar refractivity (Wildman–Crippen MR) is 126 cm³/mol. The van der Waals surface area contributed by atoms with Crippen LogP contribution in [0.15, 0.2) is 64.7 Å². The molecule has 1 amide bonds. The average molecular weight is 466 g/mol. The summed E-state index contributed by atoms with van der Waals surface area (Å²) in [5, 5.41) is 3.91. The van der Waals surface area contributed by atoms with E-state index in [0.717, 1.165) is 49.0 Å². The molecule has 2 aromatic heterocycles. The molecule has 0 radical (unpaired) electrons. The van der Waals surface area contributed by atoms with E-state index in [1.54, 1.807) is 30.6 Å². The van der Waals surface area contributed by atoms with E-state index in [-0.39, 0.29) is 5.91 Å². The number of aromatic nitrogens is 1. The van der Waals surface area contributed by atoms with Crippen molar-refractivity contribution in [3.05, 3.63) is 66.7 Å². The van der Waals surface area contributed by atoms with E-state index in [4.69, 9.17) is 4.42 Å². The lowest BCUT2D eigenvalue weighted by Gasteiger charge is -2.36. The number of nitrogens with zero attached hydrogens (tertiary/aromatic N) is 2. The van der Waals surface area contributed by atoms with Gasteiger partial charge in [0.05, 0.1) is 11.1 Å². The zero-order valence-corrected chi connectivity index (χ0v) is 19.4. The van der Waals surface area contributed by atoms with Gasteiger partial charge in [0.25, 0.3) is 5.91 Å². The van der Waals surface area contributed by atoms with Crippen LogP contribution in [0.4, 0.5) is 0 Å². The van der Waals surface area contributed by atoms with Crippen LogP contribution in [0.5, 0.6) is 0 Å². The molecule has 1 spiro atoms. The highest BCUT2D eigenvalue weighted by Crippen LogP contribution is 2.59. The van der Waals surface area contributed by atoms with Crippen LogP contribution in [0, 0.1) is 11.3 Å². The summed E-state index contributed by atoms with van der Waals surface area (Å²) in [6.07, 6.45) is 7.75. The largest absolute Gasteiger partial charge is 0.449 e. The first-order valence-electron chi connectivity index (χ1n) is 11.1. The third-order valence-corrected chi connectivity index (χ3v) is 8.30. The number of carbonyl (C=O) groups is 1. The first-order valence-corrected chi connectivity index (χ1v) is 13.0. The van der Waals surface area contributed by atoms with Gasteiger partial charge in [0.2, 0.25) is 0 Å². The normalized spacial score (nSPS) is 19.5. The molecule has 1 aliphatic heterocycles. The highest BCUT2D eigenvalue weighted by Gasteiger charge is 2.54. The number of nitrogens with one attached hydrogen (secondary N) is 1. The molecule has 1 saturated heterocycles. The molecule has 172 valence electrons. The summed E-state index contributed by atoms with van der Waals surface area (Å²) in [6.45, 7) is 6.72. The van der Waals surface area contributed by atoms with Crippen molar-refractivity contribution in [3.8, 4) is 0 Å². The Morgan fingerprint density at radius 3 is 2.64 bits per heavy atom. The van der Waals surface area contributed by atoms with E-state index in [1.165, 1.54) is 6.26 Å². The number of likely N-dealkylation sites (tertiary alicyclic amines) is 1. The Balaban J connectivity index is 1.13. The molecule has 8 heteroatoms. The molecule has 1 saturated carbocycles. The molecule has 3 aromatic rings. The second-order valence-electron chi connectivity index (χ2n) is 9.23. The molecular weight excluding hydrogens is 438 g/mol. The van der Waals surface area contributed by atoms with Gasteiger partial charge in [-0.25, -0.2) is 8.42 Å². The van der Waals surface area contributed by atoms with Gasteiger partial charge in [0.1, 0.15) is 0 Å². The Kier molecular flexibility index (Phi) is 5.28. The zero-order valence-electron chi connectivity index (χ0n) is 18.6. The highest BCUT2D eigenvalue weighted by molar-refractivity contribution is 7.90. The fourth-order valence-corrected chi connectivity index (χ4v) is 5.56. The average Bonchev–Trinajstić information content (AvgIpc) is 3.28. The highest BCUT2D eigenvalue weighted by atomic mass is 32.2. The van der Waals surface area contributed by atoms with Gasteiger partial charge in [-0.05, 0) is 60.4 Å². The first kappa shape index (κ1) is 21.7. The lowest BCUT2D eigenvalue weighted by Crippen LogP contribution is -2.35. The number of hydrogen-bond donors (Lipinski definition) is 1. The summed E-state index contributed by atoms with van der Waals surface area (Å²) in [7, 11) is -3.20. The maximum Gasteiger partial charge on any atom is 0.287 e. The Hall–Kier alpha value is -3.13. The van der Waals surface area contributed by atoms with Gasteiger partial charge in [0.15, 0.2) is 21.2 Å². The van der Waals surface area contributed by atoms with Crippen molar-refractivity contribution in [3.63, 3.8) is 0 Å². The van der Waals surface area contributed by atoms with Crippen LogP contribution in [-0.4, -0.2) is 50.1 Å². The molecule has 2 aliphatic rings. The topological polar surface area (TPSA) is 92.5 Å². The van der Waals surface area contributed by atoms with E-state index >= 15 is 0 Å². The zero-order chi connectivity index (χ0) is 23.2. The van der Waals surface area contributed by atoms with Crippen molar-refractivity contribution in [2.45, 2.75) is 24.2 Å². The molecule has 1 aromatic carbocycles. The molecule has 0 bridgehead atoms. The predicted octanol–water partition coefficient (Wildman–Crippen LogP) is 3.73. The first-order chi connectivity index (χ1) is 15.7. The Morgan fingerprint density at radius 1 is 1.24 bits per heavy atom. The lowest BCUT2D eigenvalue weighted by molar-refractivity contribution is 0.0923. The van der Waals surface area contributed by atoms with Crippen molar-refractivity contribution in [2.24, 2.45) is 11.3 Å². The van der Waals surface area contributed by atoms with Crippen LogP contribution in [0.25, 0.3) is 16.7 Å². The minimum Gasteiger partial charge on any atom is -0.449 e. The monoisotopic (exact) mass is 465 g/mol. The van der Waals surface area contributed by atoms with Gasteiger partial charge in [-0.2, -0.15) is 0 Å². The van der Waals surface area contributed by atoms with Crippen LogP contribution in [0.1, 0.15) is 35.4 Å². The van der Waals surface area contributed by atoms with Crippen molar-refractivity contribution >= 4 is 32.4 Å². The van der Waals surface area contributed by atoms with E-state index < -0.39 is 9.84 Å². The van der Waals surface area contributed by atoms with Crippen LogP contribution in [0.2, 0.25) is 0 Å². The summed E-state index contributed by atoms with van der Waals surface area (Å²) >= 11 is 0. The fourth-order valence-electron chi connectivity index (χ4n) is 4.93. The van der Waals surface area contributed by atoms with E-state index in [9.17, 15) is 13.2 Å². The second kappa shape index (κ2) is 8.02. The maximum absolute atomic E-state index is 12.5. The van der Waals surface area contributed by atoms with Crippen molar-refractivity contribution in [1.29, 1.82) is 0 Å². The molecule has 1 N–H and O–H groups in total. The number of rotatable bonds is 6. The van der Waals surface area contributed by atoms with Gasteiger partial charge in [-0.3, -0.25) is 9.78 Å². The number of sulfone groups is 1. The summed E-state index contributed by atoms with van der Waals surface area (Å²) in [4.78, 5) is 19.1. The summed E-state index contributed by atoms with van der Waals surface area (Å²) in [5.41, 5.74) is 2.78. The van der Waals surface area contributed by atoms with Crippen molar-refractivity contribution < 1.29 is 17.6 Å². The molecule has 3 heterocycles. The summed E-state index contributed by atoms with van der Waals surface area (Å²) < 4.78 is 29.0. The molecule has 2 fully saturated rings. The van der Waals surface area contributed by atoms with Crippen molar-refractivity contribution in [1.82, 2.24) is 15.2 Å². The minimum absolute atomic E-state index is 0.184. The SMILES string of the molecule is C=C(c1ccc(S(C)(=O)=O)cc1)N1CCC2(CC1)CC2CNC(=O)c1cc2ccncc2o1. The second-order valence-corrected chi connectivity index (χ2v) is 11.2. The van der Waals surface area contributed by atoms with Crippen LogP contribution in [0.3, 0.4) is 0 Å². The van der Waals surface area contributed by atoms with E-state index in [0.29, 0.717) is 34.1 Å². The van der Waals surface area contributed by atoms with Gasteiger partial charge >= 0.3 is 0 Å². The van der Waals surface area contributed by atoms with Crippen LogP contribution < -0.4 is 5.32 Å². The van der Waals surface area contributed by atoms with Crippen LogP contribution in [-0.2, 0) is 9.84 Å². The molecule has 1 atom stereocenters. The lowest BCUT2D eigenvalue weighted by atomic mass is 9.90. The van der Waals surface area contributed by atoms with Gasteiger partial charge < -0.3 is 14.6 Å². The molecule has 1 aliphatic carbocycles. The molecular formula is C25H27N3O4S. The maximum atomic E-state index is 12.5. The van der Waals surface area contributed by atoms with Crippen LogP contribution >= 0.6 is 0 Å². The number of benzene rings is 1. The molecule has 5 rings (SSSR count). The summed E-state index contributed by atoms with van der Waals surface area (Å²) in [5.74, 6) is 0.620. The molecule has 33 heavy (non-hydrogen) atoms. The molecule has 1 unspecified atom stereocenters. The number of piperidine rings is 1. The number of pyridine rings is 1. The van der Waals surface area contributed by atoms with Gasteiger partial charge in [-0.15, -0.1) is 0 Å². The Labute approximate surface area is 193 Å². The van der Waals surface area contributed by atoms with Gasteiger partial charge in [-0.1, -0.05) is 18.7 Å². The van der Waals surface area contributed by atoms with E-state index in [2.05, 4.69) is 21.8 Å². The Morgan fingerprint density at radius 2 is 1.97 bits per heavy atom. The fraction of sp³-hybridized carbons (Fsp3) is 0.360. The number of amides is 1. The number of hydrogen-bond acceptors (Lipinski definition) is 6. The molecule has 7 nitrogen and oxygen atoms in total. The van der Waals surface area contributed by atoms with Gasteiger partial charge in [0, 0.05) is 43.2 Å². The Bertz CT molecular complexity index is 1290. The third kappa shape index (κ3) is 4.27.